The number of thiophene rings is 1. The molecule has 0 bridgehead atoms. The lowest BCUT2D eigenvalue weighted by atomic mass is 10.1. The molecular weight excluding hydrogens is 252 g/mol. The lowest BCUT2D eigenvalue weighted by Gasteiger charge is -2.15. The Morgan fingerprint density at radius 1 is 1.44 bits per heavy atom. The second-order valence-corrected chi connectivity index (χ2v) is 4.75. The van der Waals surface area contributed by atoms with Gasteiger partial charge in [-0.2, -0.15) is 0 Å². The molecule has 3 amide bonds. The molecule has 100 valence electrons. The van der Waals surface area contributed by atoms with Gasteiger partial charge in [0, 0.05) is 11.4 Å². The Kier molecular flexibility index (Phi) is 6.16. The van der Waals surface area contributed by atoms with E-state index < -0.39 is 6.03 Å². The summed E-state index contributed by atoms with van der Waals surface area (Å²) in [4.78, 5) is 23.5. The van der Waals surface area contributed by atoms with Gasteiger partial charge in [-0.3, -0.25) is 4.79 Å². The maximum Gasteiger partial charge on any atom is 0.312 e. The average Bonchev–Trinajstić information content (AvgIpc) is 2.81. The molecule has 0 aliphatic rings. The third-order valence-electron chi connectivity index (χ3n) is 2.30. The van der Waals surface area contributed by atoms with Gasteiger partial charge in [-0.05, 0) is 24.4 Å². The van der Waals surface area contributed by atoms with Crippen molar-refractivity contribution >= 4 is 23.3 Å². The average molecular weight is 270 g/mol. The standard InChI is InChI=1S/C11H18N4O2S/c12-4-2-5-14-10(16)7-8(15-11(13)17)9-3-1-6-18-9/h1,3,6,8H,2,4-5,7,12H2,(H,14,16)(H3,13,15,17). The molecule has 0 aromatic carbocycles. The minimum Gasteiger partial charge on any atom is -0.356 e. The van der Waals surface area contributed by atoms with Crippen molar-refractivity contribution in [3.05, 3.63) is 22.4 Å². The molecule has 0 saturated carbocycles. The van der Waals surface area contributed by atoms with Crippen molar-refractivity contribution in [1.29, 1.82) is 0 Å². The number of hydrogen-bond donors (Lipinski definition) is 4. The third kappa shape index (κ3) is 5.15. The van der Waals surface area contributed by atoms with E-state index in [0.29, 0.717) is 13.1 Å². The SMILES string of the molecule is NCCCNC(=O)CC(NC(N)=O)c1cccs1. The topological polar surface area (TPSA) is 110 Å². The summed E-state index contributed by atoms with van der Waals surface area (Å²) >= 11 is 1.47. The summed E-state index contributed by atoms with van der Waals surface area (Å²) in [6.07, 6.45) is 0.909. The van der Waals surface area contributed by atoms with Crippen LogP contribution in [0.4, 0.5) is 4.79 Å². The van der Waals surface area contributed by atoms with E-state index in [4.69, 9.17) is 11.5 Å². The first kappa shape index (κ1) is 14.5. The van der Waals surface area contributed by atoms with E-state index >= 15 is 0 Å². The predicted octanol–water partition coefficient (Wildman–Crippen LogP) is 0.313. The van der Waals surface area contributed by atoms with Crippen LogP contribution in [0.15, 0.2) is 17.5 Å². The zero-order valence-electron chi connectivity index (χ0n) is 10.0. The zero-order valence-corrected chi connectivity index (χ0v) is 10.8. The highest BCUT2D eigenvalue weighted by molar-refractivity contribution is 7.10. The van der Waals surface area contributed by atoms with Crippen molar-refractivity contribution in [2.45, 2.75) is 18.9 Å². The van der Waals surface area contributed by atoms with Crippen LogP contribution < -0.4 is 22.1 Å². The second kappa shape index (κ2) is 7.67. The molecule has 7 heteroatoms. The molecule has 0 radical (unpaired) electrons. The summed E-state index contributed by atoms with van der Waals surface area (Å²) in [5.41, 5.74) is 10.4. The number of nitrogens with one attached hydrogen (secondary N) is 2. The highest BCUT2D eigenvalue weighted by Crippen LogP contribution is 2.21. The lowest BCUT2D eigenvalue weighted by Crippen LogP contribution is -2.36. The summed E-state index contributed by atoms with van der Waals surface area (Å²) < 4.78 is 0. The van der Waals surface area contributed by atoms with Crippen molar-refractivity contribution < 1.29 is 9.59 Å². The van der Waals surface area contributed by atoms with Gasteiger partial charge >= 0.3 is 6.03 Å². The fourth-order valence-electron chi connectivity index (χ4n) is 1.47. The molecule has 1 aromatic rings. The van der Waals surface area contributed by atoms with E-state index in [1.54, 1.807) is 0 Å². The van der Waals surface area contributed by atoms with Gasteiger partial charge in [-0.25, -0.2) is 4.79 Å². The van der Waals surface area contributed by atoms with E-state index in [1.807, 2.05) is 17.5 Å². The lowest BCUT2D eigenvalue weighted by molar-refractivity contribution is -0.121. The Morgan fingerprint density at radius 3 is 2.78 bits per heavy atom. The van der Waals surface area contributed by atoms with E-state index in [2.05, 4.69) is 10.6 Å². The highest BCUT2D eigenvalue weighted by atomic mass is 32.1. The van der Waals surface area contributed by atoms with Crippen LogP contribution in [0.5, 0.6) is 0 Å². The van der Waals surface area contributed by atoms with E-state index in [-0.39, 0.29) is 18.4 Å². The van der Waals surface area contributed by atoms with Gasteiger partial charge in [-0.1, -0.05) is 6.07 Å². The third-order valence-corrected chi connectivity index (χ3v) is 3.28. The summed E-state index contributed by atoms with van der Waals surface area (Å²) in [6, 6.07) is 2.71. The van der Waals surface area contributed by atoms with Crippen LogP contribution in [0.3, 0.4) is 0 Å². The summed E-state index contributed by atoms with van der Waals surface area (Å²) in [6.45, 7) is 1.08. The predicted molar refractivity (Wildman–Crippen MR) is 71.1 cm³/mol. The van der Waals surface area contributed by atoms with E-state index in [1.165, 1.54) is 11.3 Å². The van der Waals surface area contributed by atoms with Crippen molar-refractivity contribution in [2.75, 3.05) is 13.1 Å². The van der Waals surface area contributed by atoms with Gasteiger partial charge in [0.05, 0.1) is 12.5 Å². The Bertz CT molecular complexity index is 380. The molecule has 1 aromatic heterocycles. The molecule has 0 spiro atoms. The number of primary amides is 1. The van der Waals surface area contributed by atoms with Gasteiger partial charge in [0.2, 0.25) is 5.91 Å². The molecule has 6 nitrogen and oxygen atoms in total. The van der Waals surface area contributed by atoms with Crippen LogP contribution in [0, 0.1) is 0 Å². The number of hydrogen-bond acceptors (Lipinski definition) is 4. The summed E-state index contributed by atoms with van der Waals surface area (Å²) in [7, 11) is 0. The maximum absolute atomic E-state index is 11.7. The minimum absolute atomic E-state index is 0.129. The summed E-state index contributed by atoms with van der Waals surface area (Å²) in [5, 5.41) is 7.20. The van der Waals surface area contributed by atoms with Gasteiger partial charge in [0.15, 0.2) is 0 Å². The van der Waals surface area contributed by atoms with Crippen LogP contribution >= 0.6 is 11.3 Å². The molecule has 1 unspecified atom stereocenters. The first-order valence-corrected chi connectivity index (χ1v) is 6.57. The number of carbonyl (C=O) groups excluding carboxylic acids is 2. The first-order valence-electron chi connectivity index (χ1n) is 5.69. The van der Waals surface area contributed by atoms with Crippen LogP contribution in [0.1, 0.15) is 23.8 Å². The van der Waals surface area contributed by atoms with E-state index in [0.717, 1.165) is 11.3 Å². The van der Waals surface area contributed by atoms with Crippen molar-refractivity contribution in [2.24, 2.45) is 11.5 Å². The number of nitrogens with two attached hydrogens (primary N) is 2. The van der Waals surface area contributed by atoms with Crippen LogP contribution in [0.2, 0.25) is 0 Å². The Labute approximate surface area is 110 Å². The van der Waals surface area contributed by atoms with Crippen LogP contribution in [0.25, 0.3) is 0 Å². The van der Waals surface area contributed by atoms with Gasteiger partial charge in [0.1, 0.15) is 0 Å². The first-order chi connectivity index (χ1) is 8.63. The quantitative estimate of drug-likeness (QED) is 0.535. The molecular formula is C11H18N4O2S. The Morgan fingerprint density at radius 2 is 2.22 bits per heavy atom. The number of urea groups is 1. The Hall–Kier alpha value is -1.60. The molecule has 0 saturated heterocycles. The molecule has 18 heavy (non-hydrogen) atoms. The van der Waals surface area contributed by atoms with Gasteiger partial charge in [0.25, 0.3) is 0 Å². The smallest absolute Gasteiger partial charge is 0.312 e. The molecule has 1 heterocycles. The van der Waals surface area contributed by atoms with Crippen LogP contribution in [-0.4, -0.2) is 25.0 Å². The molecule has 0 aliphatic carbocycles. The van der Waals surface area contributed by atoms with Crippen molar-refractivity contribution in [3.63, 3.8) is 0 Å². The monoisotopic (exact) mass is 270 g/mol. The minimum atomic E-state index is -0.636. The molecule has 0 fully saturated rings. The zero-order chi connectivity index (χ0) is 13.4. The van der Waals surface area contributed by atoms with Crippen molar-refractivity contribution in [1.82, 2.24) is 10.6 Å². The fraction of sp³-hybridized carbons (Fsp3) is 0.455. The normalized spacial score (nSPS) is 11.8. The maximum atomic E-state index is 11.7. The number of amides is 3. The van der Waals surface area contributed by atoms with Crippen molar-refractivity contribution in [3.8, 4) is 0 Å². The number of carbonyl (C=O) groups is 2. The highest BCUT2D eigenvalue weighted by Gasteiger charge is 2.17. The van der Waals surface area contributed by atoms with Crippen LogP contribution in [-0.2, 0) is 4.79 Å². The molecule has 0 aliphatic heterocycles. The Balaban J connectivity index is 2.51. The summed E-state index contributed by atoms with van der Waals surface area (Å²) in [5.74, 6) is -0.129. The fourth-order valence-corrected chi connectivity index (χ4v) is 2.25. The van der Waals surface area contributed by atoms with E-state index in [9.17, 15) is 9.59 Å². The molecule has 1 rings (SSSR count). The molecule has 6 N–H and O–H groups in total. The number of rotatable bonds is 7. The largest absolute Gasteiger partial charge is 0.356 e. The van der Waals surface area contributed by atoms with Gasteiger partial charge < -0.3 is 22.1 Å². The second-order valence-electron chi connectivity index (χ2n) is 3.77. The van der Waals surface area contributed by atoms with Gasteiger partial charge in [-0.15, -0.1) is 11.3 Å². The molecule has 1 atom stereocenters.